The number of anilines is 1. The average molecular weight is 416 g/mol. The summed E-state index contributed by atoms with van der Waals surface area (Å²) < 4.78 is 9.48. The third-order valence-electron chi connectivity index (χ3n) is 3.83. The Bertz CT molecular complexity index is 1120. The van der Waals surface area contributed by atoms with Gasteiger partial charge in [0.15, 0.2) is 0 Å². The third-order valence-corrected chi connectivity index (χ3v) is 5.05. The fourth-order valence-corrected chi connectivity index (χ4v) is 3.52. The van der Waals surface area contributed by atoms with Crippen molar-refractivity contribution in [1.29, 1.82) is 0 Å². The van der Waals surface area contributed by atoms with Gasteiger partial charge >= 0.3 is 12.1 Å². The fourth-order valence-electron chi connectivity index (χ4n) is 2.52. The van der Waals surface area contributed by atoms with Gasteiger partial charge in [-0.05, 0) is 37.1 Å². The quantitative estimate of drug-likeness (QED) is 0.425. The number of nitrogens with two attached hydrogens (primary N) is 1. The first-order chi connectivity index (χ1) is 13.7. The van der Waals surface area contributed by atoms with Crippen LogP contribution in [0.3, 0.4) is 0 Å². The van der Waals surface area contributed by atoms with Crippen LogP contribution in [0.4, 0.5) is 10.7 Å². The van der Waals surface area contributed by atoms with E-state index in [1.807, 2.05) is 20.8 Å². The van der Waals surface area contributed by atoms with Gasteiger partial charge < -0.3 is 20.2 Å². The molecule has 0 fully saturated rings. The number of nitrogens with zero attached hydrogens (tertiary/aromatic N) is 1. The second-order valence-electron chi connectivity index (χ2n) is 6.72. The summed E-state index contributed by atoms with van der Waals surface area (Å²) in [6, 6.07) is 6.45. The summed E-state index contributed by atoms with van der Waals surface area (Å²) in [5, 5.41) is 0.415. The zero-order valence-electron chi connectivity index (χ0n) is 16.1. The molecule has 2 heterocycles. The lowest BCUT2D eigenvalue weighted by Gasteiger charge is -2.07. The lowest BCUT2D eigenvalue weighted by molar-refractivity contribution is 0.0351. The van der Waals surface area contributed by atoms with E-state index in [2.05, 4.69) is 19.7 Å². The standard InChI is InChI=1S/C19H20N4O5S/c1-9(2)8-27-19(26)28-17(25)11-4-6-12(7-5-11)29-14-10(3)21-15-13(14)16(24)23-18(20)22-15/h4-7,9H,8H2,1-3H3,(H4,20,21,22,23,24). The second-order valence-corrected chi connectivity index (χ2v) is 7.81. The zero-order chi connectivity index (χ0) is 21.1. The van der Waals surface area contributed by atoms with Gasteiger partial charge in [0.2, 0.25) is 5.95 Å². The smallest absolute Gasteiger partial charge is 0.434 e. The molecule has 0 aliphatic rings. The topological polar surface area (TPSA) is 140 Å². The molecule has 9 nitrogen and oxygen atoms in total. The number of carbonyl (C=O) groups excluding carboxylic acids is 2. The maximum Gasteiger partial charge on any atom is 0.516 e. The molecule has 0 radical (unpaired) electrons. The number of ether oxygens (including phenoxy) is 2. The lowest BCUT2D eigenvalue weighted by Crippen LogP contribution is -2.16. The van der Waals surface area contributed by atoms with Gasteiger partial charge in [-0.15, -0.1) is 0 Å². The Kier molecular flexibility index (Phi) is 5.92. The van der Waals surface area contributed by atoms with Crippen molar-refractivity contribution in [2.24, 2.45) is 5.92 Å². The molecule has 0 aliphatic heterocycles. The van der Waals surface area contributed by atoms with Crippen molar-refractivity contribution in [3.05, 3.63) is 45.9 Å². The molecule has 0 atom stereocenters. The number of fused-ring (bicyclic) bond motifs is 1. The molecule has 0 spiro atoms. The van der Waals surface area contributed by atoms with E-state index in [0.717, 1.165) is 10.6 Å². The van der Waals surface area contributed by atoms with Crippen LogP contribution >= 0.6 is 11.8 Å². The highest BCUT2D eigenvalue weighted by Gasteiger charge is 2.17. The minimum absolute atomic E-state index is 0.0371. The van der Waals surface area contributed by atoms with Crippen molar-refractivity contribution in [2.45, 2.75) is 30.6 Å². The number of nitrogen functional groups attached to an aromatic ring is 1. The highest BCUT2D eigenvalue weighted by Crippen LogP contribution is 2.34. The summed E-state index contributed by atoms with van der Waals surface area (Å²) in [6.07, 6.45) is -1.03. The summed E-state index contributed by atoms with van der Waals surface area (Å²) in [5.74, 6) is -0.620. The van der Waals surface area contributed by atoms with Gasteiger partial charge in [0, 0.05) is 15.5 Å². The first-order valence-electron chi connectivity index (χ1n) is 8.79. The molecule has 0 amide bonds. The predicted octanol–water partition coefficient (Wildman–Crippen LogP) is 3.24. The van der Waals surface area contributed by atoms with E-state index < -0.39 is 12.1 Å². The second kappa shape index (κ2) is 8.39. The molecule has 0 unspecified atom stereocenters. The van der Waals surface area contributed by atoms with Gasteiger partial charge in [0.1, 0.15) is 5.65 Å². The van der Waals surface area contributed by atoms with Gasteiger partial charge in [-0.2, -0.15) is 4.98 Å². The van der Waals surface area contributed by atoms with E-state index in [-0.39, 0.29) is 29.6 Å². The molecule has 1 aromatic carbocycles. The lowest BCUT2D eigenvalue weighted by atomic mass is 10.2. The number of rotatable bonds is 5. The van der Waals surface area contributed by atoms with Gasteiger partial charge in [0.05, 0.1) is 17.6 Å². The number of nitrogens with one attached hydrogen (secondary N) is 2. The van der Waals surface area contributed by atoms with Crippen LogP contribution in [0.1, 0.15) is 29.9 Å². The predicted molar refractivity (Wildman–Crippen MR) is 108 cm³/mol. The number of aromatic nitrogens is 3. The summed E-state index contributed by atoms with van der Waals surface area (Å²) in [4.78, 5) is 46.9. The Morgan fingerprint density at radius 1 is 1.21 bits per heavy atom. The van der Waals surface area contributed by atoms with E-state index in [9.17, 15) is 14.4 Å². The molecule has 0 saturated carbocycles. The molecule has 2 aromatic heterocycles. The number of benzene rings is 1. The normalized spacial score (nSPS) is 11.0. The molecule has 0 aliphatic carbocycles. The molecule has 0 bridgehead atoms. The highest BCUT2D eigenvalue weighted by atomic mass is 32.2. The minimum Gasteiger partial charge on any atom is -0.434 e. The van der Waals surface area contributed by atoms with Crippen molar-refractivity contribution in [1.82, 2.24) is 15.0 Å². The van der Waals surface area contributed by atoms with Crippen LogP contribution in [0, 0.1) is 12.8 Å². The fraction of sp³-hybridized carbons (Fsp3) is 0.263. The van der Waals surface area contributed by atoms with E-state index >= 15 is 0 Å². The number of carbonyl (C=O) groups is 2. The average Bonchev–Trinajstić information content (AvgIpc) is 2.95. The van der Waals surface area contributed by atoms with Crippen molar-refractivity contribution in [3.8, 4) is 0 Å². The minimum atomic E-state index is -1.03. The molecule has 152 valence electrons. The van der Waals surface area contributed by atoms with E-state index in [1.54, 1.807) is 12.1 Å². The Labute approximate surface area is 170 Å². The molecular weight excluding hydrogens is 396 g/mol. The maximum atomic E-state index is 12.3. The highest BCUT2D eigenvalue weighted by molar-refractivity contribution is 7.99. The summed E-state index contributed by atoms with van der Waals surface area (Å²) in [7, 11) is 0. The molecule has 3 rings (SSSR count). The Hall–Kier alpha value is -3.27. The van der Waals surface area contributed by atoms with E-state index in [1.165, 1.54) is 23.9 Å². The largest absolute Gasteiger partial charge is 0.516 e. The number of aromatic amines is 2. The number of esters is 1. The SMILES string of the molecule is Cc1[nH]c2nc(N)[nH]c(=O)c2c1Sc1ccc(C(=O)OC(=O)OCC(C)C)cc1. The maximum absolute atomic E-state index is 12.3. The third kappa shape index (κ3) is 4.77. The van der Waals surface area contributed by atoms with Crippen LogP contribution in [-0.4, -0.2) is 33.7 Å². The van der Waals surface area contributed by atoms with Gasteiger partial charge in [-0.25, -0.2) is 9.59 Å². The van der Waals surface area contributed by atoms with Crippen molar-refractivity contribution >= 4 is 40.9 Å². The van der Waals surface area contributed by atoms with Crippen LogP contribution in [0.15, 0.2) is 38.9 Å². The molecule has 3 aromatic rings. The van der Waals surface area contributed by atoms with Crippen LogP contribution in [0.2, 0.25) is 0 Å². The molecule has 4 N–H and O–H groups in total. The van der Waals surface area contributed by atoms with Crippen LogP contribution in [0.5, 0.6) is 0 Å². The summed E-state index contributed by atoms with van der Waals surface area (Å²) in [6.45, 7) is 5.75. The van der Waals surface area contributed by atoms with Crippen LogP contribution in [-0.2, 0) is 9.47 Å². The first-order valence-corrected chi connectivity index (χ1v) is 9.61. The van der Waals surface area contributed by atoms with Gasteiger partial charge in [-0.1, -0.05) is 25.6 Å². The van der Waals surface area contributed by atoms with Gasteiger partial charge in [-0.3, -0.25) is 9.78 Å². The molecule has 0 saturated heterocycles. The van der Waals surface area contributed by atoms with Crippen molar-refractivity contribution < 1.29 is 19.1 Å². The molecule has 29 heavy (non-hydrogen) atoms. The van der Waals surface area contributed by atoms with E-state index in [0.29, 0.717) is 15.9 Å². The molecule has 10 heteroatoms. The Morgan fingerprint density at radius 2 is 1.90 bits per heavy atom. The number of hydrogen-bond donors (Lipinski definition) is 3. The first kappa shape index (κ1) is 20.5. The Balaban J connectivity index is 1.74. The number of hydrogen-bond acceptors (Lipinski definition) is 8. The number of aryl methyl sites for hydroxylation is 1. The number of H-pyrrole nitrogens is 2. The summed E-state index contributed by atoms with van der Waals surface area (Å²) in [5.41, 5.74) is 6.63. The monoisotopic (exact) mass is 416 g/mol. The Morgan fingerprint density at radius 3 is 2.55 bits per heavy atom. The van der Waals surface area contributed by atoms with Crippen molar-refractivity contribution in [2.75, 3.05) is 12.3 Å². The van der Waals surface area contributed by atoms with Gasteiger partial charge in [0.25, 0.3) is 5.56 Å². The molecular formula is C19H20N4O5S. The van der Waals surface area contributed by atoms with Crippen LogP contribution < -0.4 is 11.3 Å². The summed E-state index contributed by atoms with van der Waals surface area (Å²) >= 11 is 1.34. The zero-order valence-corrected chi connectivity index (χ0v) is 16.9. The van der Waals surface area contributed by atoms with Crippen LogP contribution in [0.25, 0.3) is 11.0 Å². The van der Waals surface area contributed by atoms with Crippen molar-refractivity contribution in [3.63, 3.8) is 0 Å². The van der Waals surface area contributed by atoms with E-state index in [4.69, 9.17) is 10.5 Å².